The minimum Gasteiger partial charge on any atom is -0.467 e. The highest BCUT2D eigenvalue weighted by Gasteiger charge is 2.13. The molecule has 0 bridgehead atoms. The fraction of sp³-hybridized carbons (Fsp3) is 0.267. The van der Waals surface area contributed by atoms with Gasteiger partial charge in [0.25, 0.3) is 0 Å². The molecule has 3 rings (SSSR count). The molecular weight excluding hydrogens is 348 g/mol. The molecule has 7 nitrogen and oxygen atoms in total. The van der Waals surface area contributed by atoms with Crippen LogP contribution in [0.25, 0.3) is 0 Å². The molecule has 0 fully saturated rings. The molecule has 3 aromatic rings. The topological polar surface area (TPSA) is 93.2 Å². The van der Waals surface area contributed by atoms with Gasteiger partial charge in [0.05, 0.1) is 30.9 Å². The maximum Gasteiger partial charge on any atom is 0.231 e. The number of nitrogens with zero attached hydrogens (tertiary/aromatic N) is 2. The van der Waals surface area contributed by atoms with Gasteiger partial charge in [-0.3, -0.25) is 4.79 Å². The van der Waals surface area contributed by atoms with E-state index < -0.39 is 0 Å². The Morgan fingerprint density at radius 2 is 2.12 bits per heavy atom. The van der Waals surface area contributed by atoms with E-state index in [2.05, 4.69) is 20.8 Å². The number of nitrogens with one attached hydrogen (secondary N) is 2. The normalized spacial score (nSPS) is 12.0. The summed E-state index contributed by atoms with van der Waals surface area (Å²) < 4.78 is 11.2. The lowest BCUT2D eigenvalue weighted by atomic mass is 10.2. The third-order valence-corrected chi connectivity index (χ3v) is 5.09. The van der Waals surface area contributed by atoms with Crippen molar-refractivity contribution in [3.63, 3.8) is 0 Å². The smallest absolute Gasteiger partial charge is 0.231 e. The Hall–Kier alpha value is -2.26. The van der Waals surface area contributed by atoms with E-state index in [9.17, 15) is 4.79 Å². The Kier molecular flexibility index (Phi) is 5.55. The maximum absolute atomic E-state index is 12.0. The van der Waals surface area contributed by atoms with Crippen LogP contribution in [0, 0.1) is 0 Å². The Labute approximate surface area is 146 Å². The first-order valence-corrected chi connectivity index (χ1v) is 9.06. The van der Waals surface area contributed by atoms with Gasteiger partial charge in [-0.15, -0.1) is 10.2 Å². The van der Waals surface area contributed by atoms with E-state index in [1.54, 1.807) is 18.6 Å². The average molecular weight is 364 g/mol. The zero-order chi connectivity index (χ0) is 16.8. The van der Waals surface area contributed by atoms with E-state index in [4.69, 9.17) is 8.83 Å². The van der Waals surface area contributed by atoms with E-state index in [0.717, 1.165) is 15.9 Å². The zero-order valence-electron chi connectivity index (χ0n) is 12.9. The first-order chi connectivity index (χ1) is 11.7. The molecule has 9 heteroatoms. The van der Waals surface area contributed by atoms with Crippen molar-refractivity contribution in [2.45, 2.75) is 23.8 Å². The summed E-state index contributed by atoms with van der Waals surface area (Å²) in [5.41, 5.74) is 0. The van der Waals surface area contributed by atoms with Crippen LogP contribution < -0.4 is 10.6 Å². The molecule has 24 heavy (non-hydrogen) atoms. The van der Waals surface area contributed by atoms with Gasteiger partial charge in [0.1, 0.15) is 11.5 Å². The maximum atomic E-state index is 12.0. The van der Waals surface area contributed by atoms with E-state index >= 15 is 0 Å². The Morgan fingerprint density at radius 1 is 1.29 bits per heavy atom. The Morgan fingerprint density at radius 3 is 2.88 bits per heavy atom. The van der Waals surface area contributed by atoms with Crippen LogP contribution in [0.15, 0.2) is 50.0 Å². The standard InChI is InChI=1S/C15H16N4O3S2/c1-10(12-5-3-7-22-12)17-13(20)9-23-15-19-18-14(24-15)16-8-11-4-2-6-21-11/h2-7,10H,8-9H2,1H3,(H,16,18)(H,17,20)/t10-/m0/s1. The molecule has 0 saturated carbocycles. The van der Waals surface area contributed by atoms with Crippen molar-refractivity contribution < 1.29 is 13.6 Å². The second-order valence-electron chi connectivity index (χ2n) is 4.90. The molecule has 0 radical (unpaired) electrons. The molecule has 126 valence electrons. The summed E-state index contributed by atoms with van der Waals surface area (Å²) in [7, 11) is 0. The van der Waals surface area contributed by atoms with Crippen molar-refractivity contribution in [1.29, 1.82) is 0 Å². The molecule has 2 N–H and O–H groups in total. The number of rotatable bonds is 8. The third-order valence-electron chi connectivity index (χ3n) is 3.07. The first-order valence-electron chi connectivity index (χ1n) is 7.26. The largest absolute Gasteiger partial charge is 0.467 e. The van der Waals surface area contributed by atoms with Crippen molar-refractivity contribution >= 4 is 34.1 Å². The lowest BCUT2D eigenvalue weighted by molar-refractivity contribution is -0.119. The van der Waals surface area contributed by atoms with Gasteiger partial charge in [0, 0.05) is 0 Å². The predicted molar refractivity (Wildman–Crippen MR) is 91.9 cm³/mol. The van der Waals surface area contributed by atoms with Gasteiger partial charge in [0.15, 0.2) is 4.34 Å². The number of furan rings is 2. The number of carbonyl (C=O) groups is 1. The lowest BCUT2D eigenvalue weighted by Crippen LogP contribution is -2.27. The van der Waals surface area contributed by atoms with Gasteiger partial charge < -0.3 is 19.5 Å². The highest BCUT2D eigenvalue weighted by atomic mass is 32.2. The van der Waals surface area contributed by atoms with Crippen LogP contribution >= 0.6 is 23.1 Å². The van der Waals surface area contributed by atoms with Crippen molar-refractivity contribution in [3.8, 4) is 0 Å². The summed E-state index contributed by atoms with van der Waals surface area (Å²) in [5, 5.41) is 14.8. The number of carbonyl (C=O) groups excluding carboxylic acids is 1. The molecule has 0 unspecified atom stereocenters. The number of thioether (sulfide) groups is 1. The van der Waals surface area contributed by atoms with E-state index in [0.29, 0.717) is 11.7 Å². The van der Waals surface area contributed by atoms with E-state index in [1.807, 2.05) is 25.1 Å². The minimum atomic E-state index is -0.159. The summed E-state index contributed by atoms with van der Waals surface area (Å²) in [6, 6.07) is 7.19. The first kappa shape index (κ1) is 16.6. The SMILES string of the molecule is C[C@H](NC(=O)CSc1nnc(NCc2ccco2)s1)c1ccco1. The van der Waals surface area contributed by atoms with Crippen molar-refractivity contribution in [3.05, 3.63) is 48.3 Å². The monoisotopic (exact) mass is 364 g/mol. The summed E-state index contributed by atoms with van der Waals surface area (Å²) in [6.45, 7) is 2.43. The molecule has 0 aliphatic heterocycles. The molecular formula is C15H16N4O3S2. The second kappa shape index (κ2) is 8.02. The van der Waals surface area contributed by atoms with Crippen molar-refractivity contribution in [2.75, 3.05) is 11.1 Å². The summed E-state index contributed by atoms with van der Waals surface area (Å²) in [4.78, 5) is 12.0. The molecule has 0 spiro atoms. The molecule has 0 aliphatic rings. The highest BCUT2D eigenvalue weighted by Crippen LogP contribution is 2.25. The molecule has 1 amide bonds. The Balaban J connectivity index is 1.42. The van der Waals surface area contributed by atoms with Gasteiger partial charge in [-0.05, 0) is 31.2 Å². The lowest BCUT2D eigenvalue weighted by Gasteiger charge is -2.10. The van der Waals surface area contributed by atoms with Gasteiger partial charge in [-0.2, -0.15) is 0 Å². The Bertz CT molecular complexity index is 756. The fourth-order valence-electron chi connectivity index (χ4n) is 1.93. The van der Waals surface area contributed by atoms with Crippen LogP contribution in [0.2, 0.25) is 0 Å². The number of hydrogen-bond acceptors (Lipinski definition) is 8. The number of anilines is 1. The molecule has 0 saturated heterocycles. The van der Waals surface area contributed by atoms with Gasteiger partial charge in [0.2, 0.25) is 11.0 Å². The average Bonchev–Trinajstić information content (AvgIpc) is 3.33. The van der Waals surface area contributed by atoms with Crippen molar-refractivity contribution in [1.82, 2.24) is 15.5 Å². The molecule has 0 aromatic carbocycles. The van der Waals surface area contributed by atoms with E-state index in [1.165, 1.54) is 23.1 Å². The van der Waals surface area contributed by atoms with Gasteiger partial charge >= 0.3 is 0 Å². The van der Waals surface area contributed by atoms with Gasteiger partial charge in [-0.1, -0.05) is 23.1 Å². The van der Waals surface area contributed by atoms with Crippen LogP contribution in [-0.2, 0) is 11.3 Å². The molecule has 1 atom stereocenters. The summed E-state index contributed by atoms with van der Waals surface area (Å²) in [6.07, 6.45) is 3.21. The van der Waals surface area contributed by atoms with Crippen molar-refractivity contribution in [2.24, 2.45) is 0 Å². The van der Waals surface area contributed by atoms with Crippen LogP contribution in [0.3, 0.4) is 0 Å². The van der Waals surface area contributed by atoms with Crippen LogP contribution in [0.5, 0.6) is 0 Å². The van der Waals surface area contributed by atoms with Gasteiger partial charge in [-0.25, -0.2) is 0 Å². The third kappa shape index (κ3) is 4.62. The molecule has 0 aliphatic carbocycles. The quantitative estimate of drug-likeness (QED) is 0.592. The zero-order valence-corrected chi connectivity index (χ0v) is 14.5. The van der Waals surface area contributed by atoms with Crippen LogP contribution in [0.4, 0.5) is 5.13 Å². The van der Waals surface area contributed by atoms with E-state index in [-0.39, 0.29) is 17.7 Å². The highest BCUT2D eigenvalue weighted by molar-refractivity contribution is 8.01. The fourth-order valence-corrected chi connectivity index (χ4v) is 3.49. The number of aromatic nitrogens is 2. The second-order valence-corrected chi connectivity index (χ2v) is 7.10. The summed E-state index contributed by atoms with van der Waals surface area (Å²) >= 11 is 2.75. The predicted octanol–water partition coefficient (Wildman–Crippen LogP) is 3.31. The molecule has 3 aromatic heterocycles. The number of hydrogen-bond donors (Lipinski definition) is 2. The van der Waals surface area contributed by atoms with Crippen LogP contribution in [-0.4, -0.2) is 21.9 Å². The molecule has 3 heterocycles. The minimum absolute atomic E-state index is 0.0794. The summed E-state index contributed by atoms with van der Waals surface area (Å²) in [5.74, 6) is 1.75. The number of amides is 1. The van der Waals surface area contributed by atoms with Crippen LogP contribution in [0.1, 0.15) is 24.5 Å².